The molecule has 7 nitrogen and oxygen atoms in total. The third-order valence-electron chi connectivity index (χ3n) is 6.46. The van der Waals surface area contributed by atoms with Gasteiger partial charge in [0.05, 0.1) is 33.5 Å². The quantitative estimate of drug-likeness (QED) is 0.636. The molecule has 0 aliphatic carbocycles. The van der Waals surface area contributed by atoms with Crippen LogP contribution in [0.15, 0.2) is 34.1 Å². The van der Waals surface area contributed by atoms with Crippen molar-refractivity contribution in [2.24, 2.45) is 10.9 Å². The van der Waals surface area contributed by atoms with Crippen molar-refractivity contribution in [2.45, 2.75) is 56.5 Å². The number of hydrogen-bond donors (Lipinski definition) is 3. The Morgan fingerprint density at radius 2 is 2.06 bits per heavy atom. The molecule has 0 radical (unpaired) electrons. The maximum absolute atomic E-state index is 13.2. The number of hydrazine groups is 1. The van der Waals surface area contributed by atoms with Crippen molar-refractivity contribution < 1.29 is 4.74 Å². The molecule has 3 N–H and O–H groups in total. The van der Waals surface area contributed by atoms with Crippen molar-refractivity contribution in [2.75, 3.05) is 13.2 Å². The van der Waals surface area contributed by atoms with E-state index in [0.29, 0.717) is 6.61 Å². The number of nitrogens with one attached hydrogen (secondary N) is 3. The summed E-state index contributed by atoms with van der Waals surface area (Å²) in [5.41, 5.74) is 8.41. The second kappa shape index (κ2) is 8.08. The maximum Gasteiger partial charge on any atom is 0.270 e. The number of halogens is 1. The summed E-state index contributed by atoms with van der Waals surface area (Å²) >= 11 is 7.78. The summed E-state index contributed by atoms with van der Waals surface area (Å²) in [7, 11) is 0. The SMILES string of the molecule is CC1=Nc2c(c(=O)[nH]n2C2CCOC(C)(C)C2)C(C2CNNC2c2ccc(Cl)cc2)S1. The van der Waals surface area contributed by atoms with Crippen LogP contribution in [0.3, 0.4) is 0 Å². The number of hydrogen-bond acceptors (Lipinski definition) is 6. The summed E-state index contributed by atoms with van der Waals surface area (Å²) in [5, 5.41) is 4.84. The Kier molecular flexibility index (Phi) is 5.55. The number of nitrogens with zero attached hydrogens (tertiary/aromatic N) is 2. The average molecular weight is 462 g/mol. The van der Waals surface area contributed by atoms with E-state index in [0.717, 1.165) is 46.4 Å². The molecule has 4 atom stereocenters. The molecule has 3 aliphatic rings. The van der Waals surface area contributed by atoms with E-state index in [2.05, 4.69) is 41.9 Å². The third-order valence-corrected chi connectivity index (χ3v) is 7.98. The molecule has 31 heavy (non-hydrogen) atoms. The zero-order valence-corrected chi connectivity index (χ0v) is 19.5. The van der Waals surface area contributed by atoms with Gasteiger partial charge in [-0.05, 0) is 51.3 Å². The van der Waals surface area contributed by atoms with Crippen LogP contribution in [0.4, 0.5) is 5.82 Å². The van der Waals surface area contributed by atoms with E-state index in [4.69, 9.17) is 21.3 Å². The van der Waals surface area contributed by atoms with E-state index >= 15 is 0 Å². The van der Waals surface area contributed by atoms with Crippen LogP contribution >= 0.6 is 23.4 Å². The van der Waals surface area contributed by atoms with Gasteiger partial charge in [-0.25, -0.2) is 10.4 Å². The second-order valence-corrected chi connectivity index (χ2v) is 11.0. The molecule has 0 spiro atoms. The van der Waals surface area contributed by atoms with Crippen LogP contribution in [0.25, 0.3) is 0 Å². The number of thioether (sulfide) groups is 1. The van der Waals surface area contributed by atoms with Crippen molar-refractivity contribution in [3.05, 3.63) is 50.8 Å². The van der Waals surface area contributed by atoms with Gasteiger partial charge in [0, 0.05) is 24.1 Å². The molecule has 4 unspecified atom stereocenters. The fourth-order valence-electron chi connectivity index (χ4n) is 5.02. The van der Waals surface area contributed by atoms with Gasteiger partial charge in [-0.15, -0.1) is 11.8 Å². The molecule has 2 saturated heterocycles. The minimum atomic E-state index is -0.211. The number of aliphatic imine (C=N–C) groups is 1. The first-order valence-electron chi connectivity index (χ1n) is 10.8. The lowest BCUT2D eigenvalue weighted by molar-refractivity contribution is -0.0705. The fraction of sp³-hybridized carbons (Fsp3) is 0.545. The van der Waals surface area contributed by atoms with Crippen LogP contribution < -0.4 is 16.4 Å². The number of fused-ring (bicyclic) bond motifs is 1. The molecule has 2 fully saturated rings. The molecule has 4 heterocycles. The van der Waals surface area contributed by atoms with Gasteiger partial charge in [0.25, 0.3) is 5.56 Å². The van der Waals surface area contributed by atoms with Gasteiger partial charge in [0.1, 0.15) is 0 Å². The van der Waals surface area contributed by atoms with Crippen LogP contribution in [0.5, 0.6) is 0 Å². The number of rotatable bonds is 3. The molecule has 166 valence electrons. The molecule has 1 aromatic heterocycles. The lowest BCUT2D eigenvalue weighted by Crippen LogP contribution is -2.35. The highest BCUT2D eigenvalue weighted by Crippen LogP contribution is 2.49. The first-order valence-corrected chi connectivity index (χ1v) is 12.0. The molecule has 3 aliphatic heterocycles. The molecular formula is C22H28ClN5O2S. The number of benzene rings is 1. The molecule has 2 aromatic rings. The fourth-order valence-corrected chi connectivity index (χ4v) is 6.41. The highest BCUT2D eigenvalue weighted by Gasteiger charge is 2.42. The standard InChI is InChI=1S/C22H28ClN5O2S/c1-12-25-20-17(21(29)27-28(20)15-8-9-30-22(2,3)10-15)19(31-12)16-11-24-26-18(16)13-4-6-14(23)7-5-13/h4-7,15-16,18-19,24,26H,8-11H2,1-3H3,(H,27,29). The second-order valence-electron chi connectivity index (χ2n) is 9.19. The summed E-state index contributed by atoms with van der Waals surface area (Å²) in [5.74, 6) is 0.981. The van der Waals surface area contributed by atoms with Gasteiger partial charge in [0.2, 0.25) is 0 Å². The van der Waals surface area contributed by atoms with Gasteiger partial charge in [0.15, 0.2) is 5.82 Å². The number of ether oxygens (including phenoxy) is 1. The maximum atomic E-state index is 13.2. The Balaban J connectivity index is 1.52. The molecule has 5 rings (SSSR count). The molecule has 9 heteroatoms. The summed E-state index contributed by atoms with van der Waals surface area (Å²) in [4.78, 5) is 18.0. The number of H-pyrrole nitrogens is 1. The number of aromatic amines is 1. The Morgan fingerprint density at radius 1 is 1.29 bits per heavy atom. The molecule has 0 bridgehead atoms. The summed E-state index contributed by atoms with van der Waals surface area (Å²) in [6, 6.07) is 8.18. The van der Waals surface area contributed by atoms with Gasteiger partial charge in [-0.3, -0.25) is 20.0 Å². The van der Waals surface area contributed by atoms with Crippen LogP contribution in [0, 0.1) is 5.92 Å². The molecule has 0 amide bonds. The third kappa shape index (κ3) is 4.00. The zero-order chi connectivity index (χ0) is 21.8. The summed E-state index contributed by atoms with van der Waals surface area (Å²) in [6.07, 6.45) is 1.71. The smallest absolute Gasteiger partial charge is 0.270 e. The van der Waals surface area contributed by atoms with Crippen molar-refractivity contribution in [1.82, 2.24) is 20.6 Å². The van der Waals surface area contributed by atoms with E-state index in [-0.39, 0.29) is 34.4 Å². The predicted molar refractivity (Wildman–Crippen MR) is 125 cm³/mol. The van der Waals surface area contributed by atoms with Gasteiger partial charge in [-0.2, -0.15) is 0 Å². The normalized spacial score (nSPS) is 30.1. The van der Waals surface area contributed by atoms with Crippen molar-refractivity contribution >= 4 is 34.2 Å². The van der Waals surface area contributed by atoms with Crippen molar-refractivity contribution in [3.63, 3.8) is 0 Å². The highest BCUT2D eigenvalue weighted by atomic mass is 35.5. The Hall–Kier alpha value is -1.58. The monoisotopic (exact) mass is 461 g/mol. The van der Waals surface area contributed by atoms with E-state index in [1.807, 2.05) is 23.7 Å². The summed E-state index contributed by atoms with van der Waals surface area (Å²) < 4.78 is 7.90. The number of aromatic nitrogens is 2. The van der Waals surface area contributed by atoms with E-state index in [9.17, 15) is 4.79 Å². The lowest BCUT2D eigenvalue weighted by Gasteiger charge is -2.36. The van der Waals surface area contributed by atoms with E-state index in [1.165, 1.54) is 0 Å². The van der Waals surface area contributed by atoms with Gasteiger partial charge in [-0.1, -0.05) is 23.7 Å². The predicted octanol–water partition coefficient (Wildman–Crippen LogP) is 4.26. The van der Waals surface area contributed by atoms with Crippen molar-refractivity contribution in [3.8, 4) is 0 Å². The van der Waals surface area contributed by atoms with Crippen molar-refractivity contribution in [1.29, 1.82) is 0 Å². The minimum Gasteiger partial charge on any atom is -0.375 e. The van der Waals surface area contributed by atoms with E-state index < -0.39 is 0 Å². The van der Waals surface area contributed by atoms with Gasteiger partial charge >= 0.3 is 0 Å². The topological polar surface area (TPSA) is 83.4 Å². The van der Waals surface area contributed by atoms with Crippen LogP contribution in [-0.2, 0) is 4.74 Å². The first kappa shape index (κ1) is 21.3. The Labute approximate surface area is 190 Å². The molecule has 1 aromatic carbocycles. The van der Waals surface area contributed by atoms with Crippen LogP contribution in [0.2, 0.25) is 5.02 Å². The summed E-state index contributed by atoms with van der Waals surface area (Å²) in [6.45, 7) is 7.69. The van der Waals surface area contributed by atoms with Crippen LogP contribution in [0.1, 0.15) is 62.1 Å². The molecular weight excluding hydrogens is 434 g/mol. The Bertz CT molecular complexity index is 1060. The van der Waals surface area contributed by atoms with Crippen LogP contribution in [-0.4, -0.2) is 33.6 Å². The van der Waals surface area contributed by atoms with E-state index in [1.54, 1.807) is 11.8 Å². The lowest BCUT2D eigenvalue weighted by atomic mass is 9.89. The molecule has 0 saturated carbocycles. The highest BCUT2D eigenvalue weighted by molar-refractivity contribution is 8.14. The first-order chi connectivity index (χ1) is 14.8. The minimum absolute atomic E-state index is 0.00790. The largest absolute Gasteiger partial charge is 0.375 e. The zero-order valence-electron chi connectivity index (χ0n) is 17.9. The Morgan fingerprint density at radius 3 is 2.81 bits per heavy atom. The average Bonchev–Trinajstić information content (AvgIpc) is 3.32. The van der Waals surface area contributed by atoms with Gasteiger partial charge < -0.3 is 4.74 Å².